The molecule has 0 saturated heterocycles. The molecule has 0 spiro atoms. The summed E-state index contributed by atoms with van der Waals surface area (Å²) in [6.45, 7) is 0. The number of hydrogen-bond acceptors (Lipinski definition) is 6. The molecule has 1 atom stereocenters. The largest absolute Gasteiger partial charge is 0.619 e. The van der Waals surface area contributed by atoms with Gasteiger partial charge in [0.1, 0.15) is 5.69 Å². The van der Waals surface area contributed by atoms with Crippen molar-refractivity contribution in [2.24, 2.45) is 0 Å². The fourth-order valence-corrected chi connectivity index (χ4v) is 3.65. The van der Waals surface area contributed by atoms with Gasteiger partial charge in [0.2, 0.25) is 0 Å². The summed E-state index contributed by atoms with van der Waals surface area (Å²) in [7, 11) is 2.68. The zero-order chi connectivity index (χ0) is 23.4. The van der Waals surface area contributed by atoms with Crippen molar-refractivity contribution in [2.75, 3.05) is 14.2 Å². The topological polar surface area (TPSA) is 104 Å². The van der Waals surface area contributed by atoms with Gasteiger partial charge in [0, 0.05) is 17.0 Å². The average Bonchev–Trinajstić information content (AvgIpc) is 2.85. The number of hydrogen-bond donors (Lipinski definition) is 1. The smallest absolute Gasteiger partial charge is 0.333 e. The van der Waals surface area contributed by atoms with Gasteiger partial charge in [0.05, 0.1) is 30.9 Å². The highest BCUT2D eigenvalue weighted by Crippen LogP contribution is 2.36. The number of para-hydroxylation sites is 1. The maximum absolute atomic E-state index is 13.6. The summed E-state index contributed by atoms with van der Waals surface area (Å²) in [6.07, 6.45) is 2.49. The SMILES string of the molecule is COC(=O)C(NC(=O)c1c(OC)c(-c2ccccc2)nc2ccccc12)c1ccc[n+]([O-])c1. The molecule has 0 aliphatic heterocycles. The summed E-state index contributed by atoms with van der Waals surface area (Å²) in [6, 6.07) is 18.4. The molecule has 0 aliphatic carbocycles. The van der Waals surface area contributed by atoms with Gasteiger partial charge in [-0.1, -0.05) is 48.5 Å². The zero-order valence-electron chi connectivity index (χ0n) is 18.0. The van der Waals surface area contributed by atoms with Crippen LogP contribution in [0.2, 0.25) is 0 Å². The Bertz CT molecular complexity index is 1320. The number of methoxy groups -OCH3 is 2. The van der Waals surface area contributed by atoms with Crippen LogP contribution in [0.4, 0.5) is 0 Å². The fourth-order valence-electron chi connectivity index (χ4n) is 3.65. The number of carbonyl (C=O) groups excluding carboxylic acids is 2. The number of pyridine rings is 2. The number of nitrogens with one attached hydrogen (secondary N) is 1. The number of aromatic nitrogens is 2. The molecule has 8 heteroatoms. The molecule has 2 heterocycles. The van der Waals surface area contributed by atoms with E-state index in [1.807, 2.05) is 36.4 Å². The standard InChI is InChI=1S/C25H21N3O5/c1-32-23-20(24(29)27-22(25(30)33-2)17-11-8-14-28(31)15-17)18-12-6-7-13-19(18)26-21(23)16-9-4-3-5-10-16/h3-15,22H,1-2H3,(H,27,29). The van der Waals surface area contributed by atoms with E-state index in [-0.39, 0.29) is 16.9 Å². The molecular weight excluding hydrogens is 422 g/mol. The van der Waals surface area contributed by atoms with Crippen molar-refractivity contribution in [2.45, 2.75) is 6.04 Å². The first kappa shape index (κ1) is 21.8. The minimum absolute atomic E-state index is 0.224. The van der Waals surface area contributed by atoms with Gasteiger partial charge >= 0.3 is 5.97 Å². The number of rotatable bonds is 6. The average molecular weight is 443 g/mol. The molecule has 1 amide bonds. The lowest BCUT2D eigenvalue weighted by Crippen LogP contribution is -2.37. The number of carbonyl (C=O) groups is 2. The maximum atomic E-state index is 13.6. The van der Waals surface area contributed by atoms with Crippen LogP contribution in [0.1, 0.15) is 22.0 Å². The van der Waals surface area contributed by atoms with Crippen molar-refractivity contribution >= 4 is 22.8 Å². The second-order valence-corrected chi connectivity index (χ2v) is 7.18. The summed E-state index contributed by atoms with van der Waals surface area (Å²) in [5, 5.41) is 15.0. The van der Waals surface area contributed by atoms with Crippen molar-refractivity contribution in [1.82, 2.24) is 10.3 Å². The van der Waals surface area contributed by atoms with Gasteiger partial charge in [-0.2, -0.15) is 4.73 Å². The van der Waals surface area contributed by atoms with E-state index >= 15 is 0 Å². The third kappa shape index (κ3) is 4.31. The first-order valence-corrected chi connectivity index (χ1v) is 10.1. The molecule has 0 fully saturated rings. The number of amides is 1. The Labute approximate surface area is 190 Å². The predicted molar refractivity (Wildman–Crippen MR) is 121 cm³/mol. The lowest BCUT2D eigenvalue weighted by Gasteiger charge is -2.19. The van der Waals surface area contributed by atoms with E-state index < -0.39 is 17.9 Å². The first-order valence-electron chi connectivity index (χ1n) is 10.1. The van der Waals surface area contributed by atoms with Crippen LogP contribution in [0.15, 0.2) is 79.1 Å². The Hall–Kier alpha value is -4.46. The van der Waals surface area contributed by atoms with Gasteiger partial charge < -0.3 is 20.0 Å². The van der Waals surface area contributed by atoms with Gasteiger partial charge in [-0.05, 0) is 12.1 Å². The van der Waals surface area contributed by atoms with Gasteiger partial charge in [-0.25, -0.2) is 9.78 Å². The maximum Gasteiger partial charge on any atom is 0.333 e. The number of nitrogens with zero attached hydrogens (tertiary/aromatic N) is 2. The molecule has 2 aromatic heterocycles. The number of benzene rings is 2. The van der Waals surface area contributed by atoms with Gasteiger partial charge in [-0.15, -0.1) is 0 Å². The first-order chi connectivity index (χ1) is 16.0. The molecular formula is C25H21N3O5. The van der Waals surface area contributed by atoms with Crippen LogP contribution in [0, 0.1) is 5.21 Å². The van der Waals surface area contributed by atoms with Crippen LogP contribution in [0.5, 0.6) is 5.75 Å². The summed E-state index contributed by atoms with van der Waals surface area (Å²) >= 11 is 0. The summed E-state index contributed by atoms with van der Waals surface area (Å²) < 4.78 is 11.1. The number of fused-ring (bicyclic) bond motifs is 1. The third-order valence-electron chi connectivity index (χ3n) is 5.17. The highest BCUT2D eigenvalue weighted by atomic mass is 16.5. The summed E-state index contributed by atoms with van der Waals surface area (Å²) in [5.41, 5.74) is 2.37. The molecule has 0 bridgehead atoms. The Morgan fingerprint density at radius 2 is 1.73 bits per heavy atom. The quantitative estimate of drug-likeness (QED) is 0.279. The van der Waals surface area contributed by atoms with Crippen LogP contribution in [-0.4, -0.2) is 31.1 Å². The minimum Gasteiger partial charge on any atom is -0.619 e. The minimum atomic E-state index is -1.19. The van der Waals surface area contributed by atoms with E-state index in [0.29, 0.717) is 21.3 Å². The lowest BCUT2D eigenvalue weighted by atomic mass is 10.0. The number of ether oxygens (including phenoxy) is 2. The molecule has 33 heavy (non-hydrogen) atoms. The van der Waals surface area contributed by atoms with Crippen LogP contribution in [-0.2, 0) is 9.53 Å². The van der Waals surface area contributed by atoms with Crippen molar-refractivity contribution in [1.29, 1.82) is 0 Å². The van der Waals surface area contributed by atoms with Crippen LogP contribution < -0.4 is 14.8 Å². The van der Waals surface area contributed by atoms with Crippen molar-refractivity contribution in [3.05, 3.63) is 95.5 Å². The van der Waals surface area contributed by atoms with Crippen molar-refractivity contribution < 1.29 is 23.8 Å². The van der Waals surface area contributed by atoms with Crippen LogP contribution in [0.25, 0.3) is 22.2 Å². The Morgan fingerprint density at radius 1 is 1.00 bits per heavy atom. The van der Waals surface area contributed by atoms with Gasteiger partial charge in [0.25, 0.3) is 5.91 Å². The summed E-state index contributed by atoms with van der Waals surface area (Å²) in [5.74, 6) is -1.01. The monoisotopic (exact) mass is 443 g/mol. The molecule has 0 radical (unpaired) electrons. The third-order valence-corrected chi connectivity index (χ3v) is 5.17. The lowest BCUT2D eigenvalue weighted by molar-refractivity contribution is -0.605. The molecule has 4 rings (SSSR count). The highest BCUT2D eigenvalue weighted by Gasteiger charge is 2.29. The number of esters is 1. The Kier molecular flexibility index (Phi) is 6.17. The van der Waals surface area contributed by atoms with Gasteiger partial charge in [-0.3, -0.25) is 4.79 Å². The van der Waals surface area contributed by atoms with E-state index in [1.54, 1.807) is 24.3 Å². The zero-order valence-corrected chi connectivity index (χ0v) is 18.0. The fraction of sp³-hybridized carbons (Fsp3) is 0.120. The molecule has 8 nitrogen and oxygen atoms in total. The molecule has 0 saturated carbocycles. The summed E-state index contributed by atoms with van der Waals surface area (Å²) in [4.78, 5) is 30.8. The van der Waals surface area contributed by atoms with E-state index in [2.05, 4.69) is 5.32 Å². The van der Waals surface area contributed by atoms with E-state index in [4.69, 9.17) is 14.5 Å². The van der Waals surface area contributed by atoms with Crippen LogP contribution in [0.3, 0.4) is 0 Å². The normalized spacial score (nSPS) is 11.6. The van der Waals surface area contributed by atoms with E-state index in [9.17, 15) is 14.8 Å². The molecule has 1 unspecified atom stereocenters. The van der Waals surface area contributed by atoms with E-state index in [0.717, 1.165) is 5.56 Å². The van der Waals surface area contributed by atoms with Crippen molar-refractivity contribution in [3.8, 4) is 17.0 Å². The predicted octanol–water partition coefficient (Wildman–Crippen LogP) is 3.19. The second-order valence-electron chi connectivity index (χ2n) is 7.18. The van der Waals surface area contributed by atoms with Crippen LogP contribution >= 0.6 is 0 Å². The Morgan fingerprint density at radius 3 is 2.42 bits per heavy atom. The Balaban J connectivity index is 1.87. The van der Waals surface area contributed by atoms with Gasteiger partial charge in [0.15, 0.2) is 24.2 Å². The second kappa shape index (κ2) is 9.35. The molecule has 4 aromatic rings. The highest BCUT2D eigenvalue weighted by molar-refractivity contribution is 6.11. The molecule has 2 aromatic carbocycles. The van der Waals surface area contributed by atoms with E-state index in [1.165, 1.54) is 32.7 Å². The molecule has 1 N–H and O–H groups in total. The molecule has 166 valence electrons. The van der Waals surface area contributed by atoms with Crippen molar-refractivity contribution in [3.63, 3.8) is 0 Å². The molecule has 0 aliphatic rings.